The van der Waals surface area contributed by atoms with Crippen molar-refractivity contribution in [3.63, 3.8) is 0 Å². The Morgan fingerprint density at radius 2 is 1.26 bits per heavy atom. The van der Waals surface area contributed by atoms with Crippen molar-refractivity contribution in [2.45, 2.75) is 90.4 Å². The standard InChI is InChI=1S/C19H37O6PS/c1-18(2)19(20)24-16-14-12-10-8-6-4-3-5-7-9-11-13-15-17-27-25-26(21,22)23/h1,3-17H2,2H3,(H2,21,22,23). The average molecular weight is 425 g/mol. The molecule has 0 aliphatic heterocycles. The third kappa shape index (κ3) is 21.8. The number of esters is 1. The van der Waals surface area contributed by atoms with Crippen LogP contribution in [0, 0.1) is 0 Å². The summed E-state index contributed by atoms with van der Waals surface area (Å²) in [6.45, 7) is 5.72. The first-order chi connectivity index (χ1) is 12.8. The molecular weight excluding hydrogens is 387 g/mol. The fourth-order valence-corrected chi connectivity index (χ4v) is 3.77. The minimum atomic E-state index is -4.32. The summed E-state index contributed by atoms with van der Waals surface area (Å²) in [5.74, 6) is 0.337. The van der Waals surface area contributed by atoms with Crippen molar-refractivity contribution < 1.29 is 27.9 Å². The van der Waals surface area contributed by atoms with Gasteiger partial charge < -0.3 is 14.5 Å². The van der Waals surface area contributed by atoms with Crippen LogP contribution in [0.25, 0.3) is 0 Å². The summed E-state index contributed by atoms with van der Waals surface area (Å²) in [6.07, 6.45) is 15.3. The Bertz CT molecular complexity index is 438. The average Bonchev–Trinajstić information content (AvgIpc) is 2.59. The van der Waals surface area contributed by atoms with Crippen molar-refractivity contribution in [2.75, 3.05) is 12.4 Å². The van der Waals surface area contributed by atoms with Crippen LogP contribution in [0.3, 0.4) is 0 Å². The molecule has 27 heavy (non-hydrogen) atoms. The summed E-state index contributed by atoms with van der Waals surface area (Å²) >= 11 is 0.859. The maximum atomic E-state index is 11.2. The lowest BCUT2D eigenvalue weighted by molar-refractivity contribution is -0.139. The molecule has 0 unspecified atom stereocenters. The molecule has 0 heterocycles. The Labute approximate surface area is 168 Å². The first-order valence-corrected chi connectivity index (χ1v) is 12.5. The second-order valence-corrected chi connectivity index (χ2v) is 9.12. The Balaban J connectivity index is 3.12. The molecule has 0 amide bonds. The molecule has 0 fully saturated rings. The Hall–Kier alpha value is -0.330. The molecule has 0 aliphatic rings. The molecule has 0 radical (unpaired) electrons. The lowest BCUT2D eigenvalue weighted by atomic mass is 10.0. The highest BCUT2D eigenvalue weighted by molar-refractivity contribution is 7.97. The van der Waals surface area contributed by atoms with Gasteiger partial charge >= 0.3 is 13.8 Å². The SMILES string of the molecule is C=C(C)C(=O)OCCCCCCCCCCCCCCCSOP(=O)(O)O. The highest BCUT2D eigenvalue weighted by Gasteiger charge is 2.13. The normalized spacial score (nSPS) is 11.5. The molecule has 0 saturated carbocycles. The number of unbranched alkanes of at least 4 members (excludes halogenated alkanes) is 12. The second kappa shape index (κ2) is 17.7. The Morgan fingerprint density at radius 1 is 0.852 bits per heavy atom. The molecule has 0 aromatic heterocycles. The van der Waals surface area contributed by atoms with Crippen LogP contribution in [0.2, 0.25) is 0 Å². The van der Waals surface area contributed by atoms with Gasteiger partial charge in [-0.25, -0.2) is 13.3 Å². The lowest BCUT2D eigenvalue weighted by Gasteiger charge is -2.05. The summed E-state index contributed by atoms with van der Waals surface area (Å²) in [5.41, 5.74) is 0.460. The molecular formula is C19H37O6PS. The van der Waals surface area contributed by atoms with Gasteiger partial charge in [-0.1, -0.05) is 77.2 Å². The van der Waals surface area contributed by atoms with Crippen LogP contribution in [0.1, 0.15) is 90.4 Å². The summed E-state index contributed by atoms with van der Waals surface area (Å²) < 4.78 is 19.9. The lowest BCUT2D eigenvalue weighted by Crippen LogP contribution is -2.05. The number of hydrogen-bond donors (Lipinski definition) is 2. The highest BCUT2D eigenvalue weighted by Crippen LogP contribution is 2.41. The van der Waals surface area contributed by atoms with Gasteiger partial charge in [-0.05, 0) is 19.8 Å². The van der Waals surface area contributed by atoms with Crippen LogP contribution in [0.15, 0.2) is 12.2 Å². The van der Waals surface area contributed by atoms with Gasteiger partial charge in [-0.15, -0.1) is 0 Å². The molecule has 0 spiro atoms. The predicted octanol–water partition coefficient (Wildman–Crippen LogP) is 5.93. The van der Waals surface area contributed by atoms with E-state index in [0.29, 0.717) is 17.9 Å². The smallest absolute Gasteiger partial charge is 0.462 e. The fourth-order valence-electron chi connectivity index (χ4n) is 2.60. The molecule has 0 aromatic rings. The zero-order valence-electron chi connectivity index (χ0n) is 16.7. The van der Waals surface area contributed by atoms with Crippen molar-refractivity contribution >= 4 is 25.8 Å². The number of phosphoric acid groups is 1. The summed E-state index contributed by atoms with van der Waals surface area (Å²) in [5, 5.41) is 0. The third-order valence-corrected chi connectivity index (χ3v) is 5.76. The zero-order valence-corrected chi connectivity index (χ0v) is 18.4. The molecule has 2 N–H and O–H groups in total. The largest absolute Gasteiger partial charge is 0.480 e. The second-order valence-electron chi connectivity index (χ2n) is 6.90. The van der Waals surface area contributed by atoms with Gasteiger partial charge in [0.15, 0.2) is 0 Å². The van der Waals surface area contributed by atoms with Crippen LogP contribution in [-0.2, 0) is 18.1 Å². The molecule has 160 valence electrons. The van der Waals surface area contributed by atoms with Gasteiger partial charge in [0.1, 0.15) is 0 Å². The highest BCUT2D eigenvalue weighted by atomic mass is 32.2. The van der Waals surface area contributed by atoms with E-state index in [1.807, 2.05) is 0 Å². The zero-order chi connectivity index (χ0) is 20.4. The van der Waals surface area contributed by atoms with Crippen molar-refractivity contribution in [3.8, 4) is 0 Å². The van der Waals surface area contributed by atoms with Gasteiger partial charge in [-0.2, -0.15) is 0 Å². The fraction of sp³-hybridized carbons (Fsp3) is 0.842. The minimum Gasteiger partial charge on any atom is -0.462 e. The van der Waals surface area contributed by atoms with Crippen LogP contribution in [0.5, 0.6) is 0 Å². The summed E-state index contributed by atoms with van der Waals surface area (Å²) in [7, 11) is -4.32. The van der Waals surface area contributed by atoms with Gasteiger partial charge in [0.2, 0.25) is 0 Å². The van der Waals surface area contributed by atoms with E-state index in [4.69, 9.17) is 14.5 Å². The van der Waals surface area contributed by atoms with Gasteiger partial charge in [0, 0.05) is 23.4 Å². The number of ether oxygens (including phenoxy) is 1. The quantitative estimate of drug-likeness (QED) is 0.0872. The molecule has 0 aliphatic carbocycles. The van der Waals surface area contributed by atoms with Crippen LogP contribution in [0.4, 0.5) is 0 Å². The molecule has 6 nitrogen and oxygen atoms in total. The Kier molecular flexibility index (Phi) is 17.5. The molecule has 8 heteroatoms. The topological polar surface area (TPSA) is 93.1 Å². The van der Waals surface area contributed by atoms with E-state index in [9.17, 15) is 9.36 Å². The molecule has 0 bridgehead atoms. The van der Waals surface area contributed by atoms with E-state index in [0.717, 1.165) is 37.7 Å². The van der Waals surface area contributed by atoms with Gasteiger partial charge in [0.25, 0.3) is 0 Å². The molecule has 0 saturated heterocycles. The van der Waals surface area contributed by atoms with Crippen molar-refractivity contribution in [1.29, 1.82) is 0 Å². The monoisotopic (exact) mass is 424 g/mol. The van der Waals surface area contributed by atoms with Crippen LogP contribution < -0.4 is 0 Å². The van der Waals surface area contributed by atoms with Crippen LogP contribution >= 0.6 is 19.9 Å². The van der Waals surface area contributed by atoms with Gasteiger partial charge in [-0.3, -0.25) is 0 Å². The number of hydrogen-bond acceptors (Lipinski definition) is 5. The number of rotatable bonds is 19. The first kappa shape index (κ1) is 26.7. The van der Waals surface area contributed by atoms with Gasteiger partial charge in [0.05, 0.1) is 6.61 Å². The van der Waals surface area contributed by atoms with E-state index in [2.05, 4.69) is 10.5 Å². The maximum Gasteiger partial charge on any atom is 0.480 e. The summed E-state index contributed by atoms with van der Waals surface area (Å²) in [6, 6.07) is 0. The van der Waals surface area contributed by atoms with Crippen LogP contribution in [-0.4, -0.2) is 28.1 Å². The van der Waals surface area contributed by atoms with E-state index >= 15 is 0 Å². The molecule has 0 aromatic carbocycles. The number of carbonyl (C=O) groups excluding carboxylic acids is 1. The summed E-state index contributed by atoms with van der Waals surface area (Å²) in [4.78, 5) is 28.2. The minimum absolute atomic E-state index is 0.289. The molecule has 0 atom stereocenters. The molecule has 0 rings (SSSR count). The van der Waals surface area contributed by atoms with E-state index in [1.165, 1.54) is 57.8 Å². The van der Waals surface area contributed by atoms with Crippen molar-refractivity contribution in [1.82, 2.24) is 0 Å². The predicted molar refractivity (Wildman–Crippen MR) is 111 cm³/mol. The van der Waals surface area contributed by atoms with E-state index < -0.39 is 7.82 Å². The number of carbonyl (C=O) groups is 1. The Morgan fingerprint density at radius 3 is 1.67 bits per heavy atom. The van der Waals surface area contributed by atoms with E-state index in [1.54, 1.807) is 6.92 Å². The van der Waals surface area contributed by atoms with Crippen molar-refractivity contribution in [3.05, 3.63) is 12.2 Å². The first-order valence-electron chi connectivity index (χ1n) is 10.0. The maximum absolute atomic E-state index is 11.2. The van der Waals surface area contributed by atoms with E-state index in [-0.39, 0.29) is 5.97 Å². The van der Waals surface area contributed by atoms with Crippen molar-refractivity contribution in [2.24, 2.45) is 0 Å². The third-order valence-electron chi connectivity index (χ3n) is 4.10.